The Morgan fingerprint density at radius 1 is 1.09 bits per heavy atom. The van der Waals surface area contributed by atoms with Gasteiger partial charge in [0.2, 0.25) is 5.91 Å². The van der Waals surface area contributed by atoms with Crippen molar-refractivity contribution in [2.45, 2.75) is 13.3 Å². The third kappa shape index (κ3) is 4.84. The minimum atomic E-state index is -0.268. The van der Waals surface area contributed by atoms with Crippen molar-refractivity contribution in [3.05, 3.63) is 94.3 Å². The number of carbonyl (C=O) groups is 2. The fraction of sp³-hybridized carbons (Fsp3) is 0.148. The Bertz CT molecular complexity index is 1350. The van der Waals surface area contributed by atoms with E-state index in [4.69, 9.17) is 9.72 Å². The summed E-state index contributed by atoms with van der Waals surface area (Å²) < 4.78 is 5.62. The molecule has 1 aromatic heterocycles. The number of hydrogen-bond donors (Lipinski definition) is 1. The topological polar surface area (TPSA) is 71.5 Å². The molecule has 0 bridgehead atoms. The molecule has 1 aliphatic heterocycles. The molecule has 2 heterocycles. The summed E-state index contributed by atoms with van der Waals surface area (Å²) in [5.74, 6) is 0.0505. The maximum Gasteiger partial charge on any atom is 0.265 e. The third-order valence-corrected chi connectivity index (χ3v) is 6.40. The van der Waals surface area contributed by atoms with Crippen LogP contribution in [0.1, 0.15) is 16.1 Å². The van der Waals surface area contributed by atoms with Gasteiger partial charge >= 0.3 is 0 Å². The number of nitrogens with zero attached hydrogens (tertiary/aromatic N) is 2. The zero-order chi connectivity index (χ0) is 23.5. The number of thiazole rings is 1. The molecule has 0 saturated heterocycles. The third-order valence-electron chi connectivity index (χ3n) is 5.55. The van der Waals surface area contributed by atoms with Gasteiger partial charge in [0.1, 0.15) is 12.3 Å². The highest BCUT2D eigenvalue weighted by atomic mass is 32.1. The SMILES string of the molecule is Cc1cccc(NC(=O)CN2C(=O)COc3ccc(-c4csc(Cc5ccccc5)n4)cc32)c1. The second-order valence-corrected chi connectivity index (χ2v) is 9.10. The quantitative estimate of drug-likeness (QED) is 0.428. The van der Waals surface area contributed by atoms with E-state index < -0.39 is 0 Å². The summed E-state index contributed by atoms with van der Waals surface area (Å²) in [5.41, 5.74) is 5.24. The Morgan fingerprint density at radius 3 is 2.76 bits per heavy atom. The highest BCUT2D eigenvalue weighted by Gasteiger charge is 2.28. The van der Waals surface area contributed by atoms with Crippen LogP contribution in [-0.4, -0.2) is 29.9 Å². The minimum Gasteiger partial charge on any atom is -0.482 e. The summed E-state index contributed by atoms with van der Waals surface area (Å²) in [4.78, 5) is 31.6. The van der Waals surface area contributed by atoms with Crippen LogP contribution in [0.25, 0.3) is 11.3 Å². The first-order valence-electron chi connectivity index (χ1n) is 11.0. The van der Waals surface area contributed by atoms with Crippen molar-refractivity contribution in [2.75, 3.05) is 23.4 Å². The Labute approximate surface area is 201 Å². The van der Waals surface area contributed by atoms with Crippen molar-refractivity contribution in [3.8, 4) is 17.0 Å². The smallest absolute Gasteiger partial charge is 0.265 e. The first-order chi connectivity index (χ1) is 16.5. The predicted molar refractivity (Wildman–Crippen MR) is 134 cm³/mol. The van der Waals surface area contributed by atoms with Crippen molar-refractivity contribution in [3.63, 3.8) is 0 Å². The number of ether oxygens (including phenoxy) is 1. The van der Waals surface area contributed by atoms with Crippen LogP contribution in [0.15, 0.2) is 78.2 Å². The number of aryl methyl sites for hydroxylation is 1. The molecule has 5 rings (SSSR count). The van der Waals surface area contributed by atoms with E-state index in [1.165, 1.54) is 10.5 Å². The van der Waals surface area contributed by atoms with Crippen LogP contribution >= 0.6 is 11.3 Å². The van der Waals surface area contributed by atoms with E-state index in [1.807, 2.05) is 73.0 Å². The van der Waals surface area contributed by atoms with Crippen molar-refractivity contribution >= 4 is 34.5 Å². The van der Waals surface area contributed by atoms with Gasteiger partial charge in [-0.15, -0.1) is 11.3 Å². The molecule has 170 valence electrons. The summed E-state index contributed by atoms with van der Waals surface area (Å²) >= 11 is 1.60. The Morgan fingerprint density at radius 2 is 1.94 bits per heavy atom. The molecular formula is C27H23N3O3S. The highest BCUT2D eigenvalue weighted by Crippen LogP contribution is 2.36. The van der Waals surface area contributed by atoms with Gasteiger partial charge in [0, 0.05) is 23.1 Å². The van der Waals surface area contributed by atoms with E-state index in [1.54, 1.807) is 11.3 Å². The summed E-state index contributed by atoms with van der Waals surface area (Å²) in [6.07, 6.45) is 0.767. The van der Waals surface area contributed by atoms with Crippen LogP contribution in [0.5, 0.6) is 5.75 Å². The summed E-state index contributed by atoms with van der Waals surface area (Å²) in [6, 6.07) is 23.4. The van der Waals surface area contributed by atoms with Crippen molar-refractivity contribution in [1.29, 1.82) is 0 Å². The molecule has 34 heavy (non-hydrogen) atoms. The van der Waals surface area contributed by atoms with E-state index in [0.717, 1.165) is 28.2 Å². The second kappa shape index (κ2) is 9.49. The van der Waals surface area contributed by atoms with Crippen LogP contribution in [0.3, 0.4) is 0 Å². The molecule has 0 atom stereocenters. The van der Waals surface area contributed by atoms with Gasteiger partial charge in [-0.1, -0.05) is 42.5 Å². The number of anilines is 2. The van der Waals surface area contributed by atoms with Crippen LogP contribution in [-0.2, 0) is 16.0 Å². The van der Waals surface area contributed by atoms with Gasteiger partial charge in [0.15, 0.2) is 6.61 Å². The molecule has 6 nitrogen and oxygen atoms in total. The largest absolute Gasteiger partial charge is 0.482 e. The molecule has 1 aliphatic rings. The van der Waals surface area contributed by atoms with Crippen molar-refractivity contribution < 1.29 is 14.3 Å². The van der Waals surface area contributed by atoms with Crippen LogP contribution in [0.4, 0.5) is 11.4 Å². The number of hydrogen-bond acceptors (Lipinski definition) is 5. The second-order valence-electron chi connectivity index (χ2n) is 8.16. The number of benzene rings is 3. The lowest BCUT2D eigenvalue weighted by atomic mass is 10.1. The van der Waals surface area contributed by atoms with E-state index in [9.17, 15) is 9.59 Å². The van der Waals surface area contributed by atoms with Gasteiger partial charge in [0.05, 0.1) is 16.4 Å². The minimum absolute atomic E-state index is 0.0943. The van der Waals surface area contributed by atoms with Crippen molar-refractivity contribution in [2.24, 2.45) is 0 Å². The first kappa shape index (κ1) is 21.9. The molecule has 3 aromatic carbocycles. The Balaban J connectivity index is 1.36. The van der Waals surface area contributed by atoms with Gasteiger partial charge in [-0.3, -0.25) is 14.5 Å². The maximum absolute atomic E-state index is 12.7. The molecule has 2 amide bonds. The van der Waals surface area contributed by atoms with Crippen LogP contribution in [0.2, 0.25) is 0 Å². The fourth-order valence-corrected chi connectivity index (χ4v) is 4.73. The molecular weight excluding hydrogens is 446 g/mol. The molecule has 4 aromatic rings. The molecule has 0 aliphatic carbocycles. The van der Waals surface area contributed by atoms with E-state index in [-0.39, 0.29) is 25.0 Å². The lowest BCUT2D eigenvalue weighted by Crippen LogP contribution is -2.43. The molecule has 7 heteroatoms. The normalized spacial score (nSPS) is 12.7. The predicted octanol–water partition coefficient (Wildman–Crippen LogP) is 5.07. The highest BCUT2D eigenvalue weighted by molar-refractivity contribution is 7.10. The number of amides is 2. The Hall–Kier alpha value is -3.97. The zero-order valence-electron chi connectivity index (χ0n) is 18.7. The van der Waals surface area contributed by atoms with Gasteiger partial charge in [-0.25, -0.2) is 4.98 Å². The number of fused-ring (bicyclic) bond motifs is 1. The van der Waals surface area contributed by atoms with E-state index in [2.05, 4.69) is 17.4 Å². The van der Waals surface area contributed by atoms with E-state index >= 15 is 0 Å². The van der Waals surface area contributed by atoms with Gasteiger partial charge in [-0.2, -0.15) is 0 Å². The maximum atomic E-state index is 12.7. The molecule has 1 N–H and O–H groups in total. The molecule has 0 radical (unpaired) electrons. The molecule has 0 saturated carbocycles. The van der Waals surface area contributed by atoms with Gasteiger partial charge in [-0.05, 0) is 48.4 Å². The lowest BCUT2D eigenvalue weighted by Gasteiger charge is -2.29. The fourth-order valence-electron chi connectivity index (χ4n) is 3.90. The first-order valence-corrected chi connectivity index (χ1v) is 11.9. The standard InChI is InChI=1S/C27H23N3O3S/c1-18-6-5-9-21(12-18)28-25(31)15-30-23-14-20(10-11-24(23)33-16-27(30)32)22-17-34-26(29-22)13-19-7-3-2-4-8-19/h2-12,14,17H,13,15-16H2,1H3,(H,28,31). The number of carbonyl (C=O) groups excluding carboxylic acids is 2. The molecule has 0 spiro atoms. The summed E-state index contributed by atoms with van der Waals surface area (Å²) in [5, 5.41) is 5.90. The van der Waals surface area contributed by atoms with Crippen molar-refractivity contribution in [1.82, 2.24) is 4.98 Å². The monoisotopic (exact) mass is 469 g/mol. The number of nitrogens with one attached hydrogen (secondary N) is 1. The average Bonchev–Trinajstić information content (AvgIpc) is 3.30. The zero-order valence-corrected chi connectivity index (χ0v) is 19.5. The lowest BCUT2D eigenvalue weighted by molar-refractivity contribution is -0.123. The number of aromatic nitrogens is 1. The van der Waals surface area contributed by atoms with Crippen LogP contribution in [0, 0.1) is 6.92 Å². The molecule has 0 unspecified atom stereocenters. The van der Waals surface area contributed by atoms with Gasteiger partial charge < -0.3 is 10.1 Å². The van der Waals surface area contributed by atoms with Crippen LogP contribution < -0.4 is 15.0 Å². The average molecular weight is 470 g/mol. The van der Waals surface area contributed by atoms with Gasteiger partial charge in [0.25, 0.3) is 5.91 Å². The molecule has 0 fully saturated rings. The Kier molecular flexibility index (Phi) is 6.10. The summed E-state index contributed by atoms with van der Waals surface area (Å²) in [7, 11) is 0. The summed E-state index contributed by atoms with van der Waals surface area (Å²) in [6.45, 7) is 1.77. The van der Waals surface area contributed by atoms with E-state index in [0.29, 0.717) is 17.1 Å². The number of rotatable bonds is 6.